The van der Waals surface area contributed by atoms with Gasteiger partial charge in [0.2, 0.25) is 0 Å². The van der Waals surface area contributed by atoms with E-state index in [9.17, 15) is 5.11 Å². The molecule has 0 aliphatic rings. The maximum atomic E-state index is 10.2. The van der Waals surface area contributed by atoms with E-state index in [2.05, 4.69) is 10.3 Å². The Morgan fingerprint density at radius 2 is 2.28 bits per heavy atom. The van der Waals surface area contributed by atoms with Gasteiger partial charge in [-0.25, -0.2) is 0 Å². The van der Waals surface area contributed by atoms with Gasteiger partial charge in [0.1, 0.15) is 5.75 Å². The standard InChI is InChI=1S/C12H14ClN3O2/c1-16-7-9(14-15-16)6-11(17)10-5-8(13)3-4-12(10)18-2/h3-5,7,11,17H,6H2,1-2H3. The van der Waals surface area contributed by atoms with Crippen LogP contribution in [0.15, 0.2) is 24.4 Å². The third kappa shape index (κ3) is 2.80. The fourth-order valence-corrected chi connectivity index (χ4v) is 1.94. The third-order valence-electron chi connectivity index (χ3n) is 2.60. The molecule has 0 bridgehead atoms. The highest BCUT2D eigenvalue weighted by Gasteiger charge is 2.16. The van der Waals surface area contributed by atoms with Gasteiger partial charge in [-0.3, -0.25) is 4.68 Å². The highest BCUT2D eigenvalue weighted by molar-refractivity contribution is 6.30. The summed E-state index contributed by atoms with van der Waals surface area (Å²) >= 11 is 5.93. The maximum absolute atomic E-state index is 10.2. The summed E-state index contributed by atoms with van der Waals surface area (Å²) in [6.45, 7) is 0. The van der Waals surface area contributed by atoms with E-state index < -0.39 is 6.10 Å². The number of ether oxygens (including phenoxy) is 1. The molecule has 18 heavy (non-hydrogen) atoms. The number of aryl methyl sites for hydroxylation is 1. The maximum Gasteiger partial charge on any atom is 0.124 e. The second kappa shape index (κ2) is 5.37. The van der Waals surface area contributed by atoms with Crippen LogP contribution in [0.3, 0.4) is 0 Å². The molecular weight excluding hydrogens is 254 g/mol. The fraction of sp³-hybridized carbons (Fsp3) is 0.333. The molecular formula is C12H14ClN3O2. The molecule has 1 aromatic carbocycles. The van der Waals surface area contributed by atoms with Gasteiger partial charge in [-0.05, 0) is 18.2 Å². The Bertz CT molecular complexity index is 542. The van der Waals surface area contributed by atoms with Crippen molar-refractivity contribution in [2.75, 3.05) is 7.11 Å². The molecule has 0 aliphatic carbocycles. The van der Waals surface area contributed by atoms with Gasteiger partial charge >= 0.3 is 0 Å². The number of halogens is 1. The smallest absolute Gasteiger partial charge is 0.124 e. The van der Waals surface area contributed by atoms with Crippen molar-refractivity contribution in [3.8, 4) is 5.75 Å². The summed E-state index contributed by atoms with van der Waals surface area (Å²) in [5.41, 5.74) is 1.36. The first-order valence-electron chi connectivity index (χ1n) is 5.47. The van der Waals surface area contributed by atoms with E-state index in [1.807, 2.05) is 0 Å². The summed E-state index contributed by atoms with van der Waals surface area (Å²) in [5, 5.41) is 18.5. The van der Waals surface area contributed by atoms with E-state index >= 15 is 0 Å². The van der Waals surface area contributed by atoms with E-state index in [0.29, 0.717) is 28.5 Å². The molecule has 2 aromatic rings. The van der Waals surface area contributed by atoms with E-state index in [4.69, 9.17) is 16.3 Å². The Balaban J connectivity index is 2.22. The van der Waals surface area contributed by atoms with Crippen LogP contribution < -0.4 is 4.74 Å². The second-order valence-corrected chi connectivity index (χ2v) is 4.43. The molecule has 0 saturated carbocycles. The average Bonchev–Trinajstić information content (AvgIpc) is 2.74. The number of aromatic nitrogens is 3. The van der Waals surface area contributed by atoms with Gasteiger partial charge in [0.15, 0.2) is 0 Å². The summed E-state index contributed by atoms with van der Waals surface area (Å²) < 4.78 is 6.80. The molecule has 0 spiro atoms. The topological polar surface area (TPSA) is 60.2 Å². The van der Waals surface area contributed by atoms with Crippen molar-refractivity contribution in [1.29, 1.82) is 0 Å². The van der Waals surface area contributed by atoms with Crippen molar-refractivity contribution >= 4 is 11.6 Å². The molecule has 1 unspecified atom stereocenters. The molecule has 96 valence electrons. The molecule has 1 heterocycles. The molecule has 0 fully saturated rings. The number of benzene rings is 1. The summed E-state index contributed by atoms with van der Waals surface area (Å²) in [6, 6.07) is 5.15. The van der Waals surface area contributed by atoms with Gasteiger partial charge in [-0.1, -0.05) is 16.8 Å². The molecule has 0 saturated heterocycles. The van der Waals surface area contributed by atoms with E-state index in [1.54, 1.807) is 43.2 Å². The van der Waals surface area contributed by atoms with Gasteiger partial charge in [0.25, 0.3) is 0 Å². The van der Waals surface area contributed by atoms with E-state index in [1.165, 1.54) is 0 Å². The number of aliphatic hydroxyl groups excluding tert-OH is 1. The molecule has 6 heteroatoms. The van der Waals surface area contributed by atoms with Crippen molar-refractivity contribution in [2.45, 2.75) is 12.5 Å². The first-order chi connectivity index (χ1) is 8.60. The molecule has 1 aromatic heterocycles. The molecule has 0 radical (unpaired) electrons. The van der Waals surface area contributed by atoms with Crippen molar-refractivity contribution in [3.63, 3.8) is 0 Å². The zero-order valence-corrected chi connectivity index (χ0v) is 10.9. The first kappa shape index (κ1) is 12.9. The van der Waals surface area contributed by atoms with Gasteiger partial charge in [0.05, 0.1) is 18.9 Å². The Morgan fingerprint density at radius 1 is 1.50 bits per heavy atom. The minimum Gasteiger partial charge on any atom is -0.496 e. The SMILES string of the molecule is COc1ccc(Cl)cc1C(O)Cc1cn(C)nn1. The van der Waals surface area contributed by atoms with Crippen molar-refractivity contribution < 1.29 is 9.84 Å². The number of hydrogen-bond acceptors (Lipinski definition) is 4. The van der Waals surface area contributed by atoms with Crippen LogP contribution >= 0.6 is 11.6 Å². The number of hydrogen-bond donors (Lipinski definition) is 1. The molecule has 5 nitrogen and oxygen atoms in total. The quantitative estimate of drug-likeness (QED) is 0.917. The van der Waals surface area contributed by atoms with Crippen molar-refractivity contribution in [3.05, 3.63) is 40.7 Å². The predicted molar refractivity (Wildman–Crippen MR) is 67.7 cm³/mol. The van der Waals surface area contributed by atoms with Crippen molar-refractivity contribution in [1.82, 2.24) is 15.0 Å². The van der Waals surface area contributed by atoms with Crippen LogP contribution in [-0.2, 0) is 13.5 Å². The Morgan fingerprint density at radius 3 is 2.89 bits per heavy atom. The summed E-state index contributed by atoms with van der Waals surface area (Å²) in [4.78, 5) is 0. The second-order valence-electron chi connectivity index (χ2n) is 3.99. The van der Waals surface area contributed by atoms with Crippen LogP contribution in [0.1, 0.15) is 17.4 Å². The third-order valence-corrected chi connectivity index (χ3v) is 2.84. The lowest BCUT2D eigenvalue weighted by Gasteiger charge is -2.13. The molecule has 1 atom stereocenters. The lowest BCUT2D eigenvalue weighted by molar-refractivity contribution is 0.173. The van der Waals surface area contributed by atoms with Gasteiger partial charge in [0, 0.05) is 30.3 Å². The minimum absolute atomic E-state index is 0.366. The first-order valence-corrected chi connectivity index (χ1v) is 5.84. The molecule has 0 amide bonds. The molecule has 1 N–H and O–H groups in total. The van der Waals surface area contributed by atoms with Gasteiger partial charge in [-0.15, -0.1) is 5.10 Å². The number of nitrogens with zero attached hydrogens (tertiary/aromatic N) is 3. The number of methoxy groups -OCH3 is 1. The zero-order valence-electron chi connectivity index (χ0n) is 10.2. The Hall–Kier alpha value is -1.59. The predicted octanol–water partition coefficient (Wildman–Crippen LogP) is 1.75. The van der Waals surface area contributed by atoms with Crippen molar-refractivity contribution in [2.24, 2.45) is 7.05 Å². The van der Waals surface area contributed by atoms with Crippen LogP contribution in [0.2, 0.25) is 5.02 Å². The lowest BCUT2D eigenvalue weighted by Crippen LogP contribution is -2.04. The average molecular weight is 268 g/mol. The number of rotatable bonds is 4. The monoisotopic (exact) mass is 267 g/mol. The van der Waals surface area contributed by atoms with Crippen LogP contribution in [0.4, 0.5) is 0 Å². The van der Waals surface area contributed by atoms with Gasteiger partial charge in [-0.2, -0.15) is 0 Å². The minimum atomic E-state index is -0.727. The van der Waals surface area contributed by atoms with Crippen LogP contribution in [-0.4, -0.2) is 27.2 Å². The van der Waals surface area contributed by atoms with Crippen LogP contribution in [0.25, 0.3) is 0 Å². The van der Waals surface area contributed by atoms with E-state index in [0.717, 1.165) is 0 Å². The highest BCUT2D eigenvalue weighted by Crippen LogP contribution is 2.29. The Labute approximate surface area is 110 Å². The van der Waals surface area contributed by atoms with E-state index in [-0.39, 0.29) is 0 Å². The fourth-order valence-electron chi connectivity index (χ4n) is 1.76. The largest absolute Gasteiger partial charge is 0.496 e. The van der Waals surface area contributed by atoms with Gasteiger partial charge < -0.3 is 9.84 Å². The number of aliphatic hydroxyl groups is 1. The zero-order chi connectivity index (χ0) is 13.1. The van der Waals surface area contributed by atoms with Crippen LogP contribution in [0, 0.1) is 0 Å². The summed E-state index contributed by atoms with van der Waals surface area (Å²) in [6.07, 6.45) is 1.40. The summed E-state index contributed by atoms with van der Waals surface area (Å²) in [7, 11) is 3.34. The lowest BCUT2D eigenvalue weighted by atomic mass is 10.0. The molecule has 0 aliphatic heterocycles. The van der Waals surface area contributed by atoms with Crippen LogP contribution in [0.5, 0.6) is 5.75 Å². The molecule has 2 rings (SSSR count). The normalized spacial score (nSPS) is 12.4. The highest BCUT2D eigenvalue weighted by atomic mass is 35.5. The summed E-state index contributed by atoms with van der Waals surface area (Å²) in [5.74, 6) is 0.607. The Kier molecular flexibility index (Phi) is 3.84.